The van der Waals surface area contributed by atoms with E-state index in [1.807, 2.05) is 6.92 Å². The lowest BCUT2D eigenvalue weighted by Crippen LogP contribution is -2.55. The molecule has 0 spiro atoms. The first kappa shape index (κ1) is 16.4. The summed E-state index contributed by atoms with van der Waals surface area (Å²) in [4.78, 5) is 30.4. The van der Waals surface area contributed by atoms with Crippen LogP contribution in [0.5, 0.6) is 0 Å². The number of rotatable bonds is 3. The van der Waals surface area contributed by atoms with E-state index in [0.717, 1.165) is 0 Å². The molecule has 6 nitrogen and oxygen atoms in total. The number of nitrogens with zero attached hydrogens (tertiary/aromatic N) is 2. The van der Waals surface area contributed by atoms with Gasteiger partial charge in [0.05, 0.1) is 5.69 Å². The SMILES string of the molecule is CCN1C(=O)C(NC(=O)c2ccncc2)C(O)c2ccc(Cl)cc21. The monoisotopic (exact) mass is 345 g/mol. The van der Waals surface area contributed by atoms with E-state index in [1.165, 1.54) is 17.3 Å². The summed E-state index contributed by atoms with van der Waals surface area (Å²) in [6.07, 6.45) is 1.84. The van der Waals surface area contributed by atoms with Crippen molar-refractivity contribution in [2.75, 3.05) is 11.4 Å². The van der Waals surface area contributed by atoms with E-state index < -0.39 is 18.1 Å². The molecule has 2 unspecified atom stereocenters. The standard InChI is InChI=1S/C17H16ClN3O3/c1-2-21-13-9-11(18)3-4-12(13)15(22)14(17(21)24)20-16(23)10-5-7-19-8-6-10/h3-9,14-15,22H,2H2,1H3,(H,20,23). The Hall–Kier alpha value is -2.44. The molecule has 1 aromatic heterocycles. The Bertz CT molecular complexity index is 782. The van der Waals surface area contributed by atoms with Crippen LogP contribution in [0.4, 0.5) is 5.69 Å². The number of aromatic nitrogens is 1. The molecule has 2 N–H and O–H groups in total. The van der Waals surface area contributed by atoms with Gasteiger partial charge in [0.1, 0.15) is 12.1 Å². The molecule has 2 atom stereocenters. The normalized spacial score (nSPS) is 19.8. The van der Waals surface area contributed by atoms with Crippen LogP contribution in [0.3, 0.4) is 0 Å². The molecule has 0 aliphatic carbocycles. The molecule has 2 aromatic rings. The molecule has 0 bridgehead atoms. The minimum absolute atomic E-state index is 0.370. The third kappa shape index (κ3) is 2.86. The third-order valence-corrected chi connectivity index (χ3v) is 4.23. The van der Waals surface area contributed by atoms with Gasteiger partial charge in [0.2, 0.25) is 0 Å². The Balaban J connectivity index is 1.93. The van der Waals surface area contributed by atoms with Gasteiger partial charge >= 0.3 is 0 Å². The van der Waals surface area contributed by atoms with Gasteiger partial charge in [0.15, 0.2) is 0 Å². The van der Waals surface area contributed by atoms with Crippen LogP contribution in [0.1, 0.15) is 28.9 Å². The summed E-state index contributed by atoms with van der Waals surface area (Å²) in [5.74, 6) is -0.814. The highest BCUT2D eigenvalue weighted by Gasteiger charge is 2.40. The summed E-state index contributed by atoms with van der Waals surface area (Å²) in [6.45, 7) is 2.22. The molecule has 24 heavy (non-hydrogen) atoms. The van der Waals surface area contributed by atoms with Gasteiger partial charge in [-0.05, 0) is 31.2 Å². The number of benzene rings is 1. The van der Waals surface area contributed by atoms with Gasteiger partial charge in [0, 0.05) is 35.1 Å². The van der Waals surface area contributed by atoms with Crippen LogP contribution < -0.4 is 10.2 Å². The summed E-state index contributed by atoms with van der Waals surface area (Å²) in [6, 6.07) is 6.99. The van der Waals surface area contributed by atoms with Crippen molar-refractivity contribution in [1.82, 2.24) is 10.3 Å². The number of hydrogen-bond donors (Lipinski definition) is 2. The van der Waals surface area contributed by atoms with Gasteiger partial charge in [-0.25, -0.2) is 0 Å². The quantitative estimate of drug-likeness (QED) is 0.890. The fourth-order valence-electron chi connectivity index (χ4n) is 2.80. The minimum Gasteiger partial charge on any atom is -0.386 e. The first-order valence-electron chi connectivity index (χ1n) is 7.52. The molecule has 124 valence electrons. The largest absolute Gasteiger partial charge is 0.386 e. The molecule has 1 aliphatic rings. The van der Waals surface area contributed by atoms with Crippen LogP contribution in [0.15, 0.2) is 42.7 Å². The van der Waals surface area contributed by atoms with E-state index in [1.54, 1.807) is 30.3 Å². The fraction of sp³-hybridized carbons (Fsp3) is 0.235. The average Bonchev–Trinajstić information content (AvgIpc) is 2.59. The predicted octanol–water partition coefficient (Wildman–Crippen LogP) is 1.93. The molecule has 0 radical (unpaired) electrons. The summed E-state index contributed by atoms with van der Waals surface area (Å²) in [5, 5.41) is 13.7. The summed E-state index contributed by atoms with van der Waals surface area (Å²) >= 11 is 6.00. The maximum absolute atomic E-state index is 12.7. The number of aliphatic hydroxyl groups excluding tert-OH is 1. The molecule has 2 heterocycles. The van der Waals surface area contributed by atoms with Gasteiger partial charge in [-0.3, -0.25) is 14.6 Å². The van der Waals surface area contributed by atoms with Gasteiger partial charge in [0.25, 0.3) is 11.8 Å². The highest BCUT2D eigenvalue weighted by molar-refractivity contribution is 6.31. The maximum atomic E-state index is 12.7. The Labute approximate surface area is 144 Å². The number of halogens is 1. The van der Waals surface area contributed by atoms with Crippen LogP contribution in [0.2, 0.25) is 5.02 Å². The van der Waals surface area contributed by atoms with Crippen LogP contribution in [0, 0.1) is 0 Å². The van der Waals surface area contributed by atoms with Crippen molar-refractivity contribution in [3.8, 4) is 0 Å². The highest BCUT2D eigenvalue weighted by Crippen LogP contribution is 2.36. The molecular weight excluding hydrogens is 330 g/mol. The van der Waals surface area contributed by atoms with Gasteiger partial charge in [-0.2, -0.15) is 0 Å². The number of aliphatic hydroxyl groups is 1. The lowest BCUT2D eigenvalue weighted by atomic mass is 9.93. The van der Waals surface area contributed by atoms with E-state index in [4.69, 9.17) is 11.6 Å². The average molecular weight is 346 g/mol. The summed E-state index contributed by atoms with van der Waals surface area (Å²) < 4.78 is 0. The molecule has 0 fully saturated rings. The number of fused-ring (bicyclic) bond motifs is 1. The fourth-order valence-corrected chi connectivity index (χ4v) is 2.96. The zero-order chi connectivity index (χ0) is 17.3. The molecule has 7 heteroatoms. The molecule has 1 aliphatic heterocycles. The number of nitrogens with one attached hydrogen (secondary N) is 1. The second-order valence-corrected chi connectivity index (χ2v) is 5.85. The Morgan fingerprint density at radius 1 is 1.33 bits per heavy atom. The molecule has 2 amide bonds. The van der Waals surface area contributed by atoms with E-state index in [9.17, 15) is 14.7 Å². The van der Waals surface area contributed by atoms with Crippen molar-refractivity contribution in [3.05, 3.63) is 58.9 Å². The van der Waals surface area contributed by atoms with Gasteiger partial charge in [-0.15, -0.1) is 0 Å². The van der Waals surface area contributed by atoms with Crippen molar-refractivity contribution in [2.24, 2.45) is 0 Å². The van der Waals surface area contributed by atoms with Crippen LogP contribution in [-0.2, 0) is 4.79 Å². The second kappa shape index (κ2) is 6.59. The summed E-state index contributed by atoms with van der Waals surface area (Å²) in [5.41, 5.74) is 1.49. The molecule has 0 saturated carbocycles. The second-order valence-electron chi connectivity index (χ2n) is 5.42. The molecule has 3 rings (SSSR count). The first-order valence-corrected chi connectivity index (χ1v) is 7.90. The zero-order valence-electron chi connectivity index (χ0n) is 12.9. The minimum atomic E-state index is -1.14. The number of amides is 2. The van der Waals surface area contributed by atoms with Crippen LogP contribution in [0.25, 0.3) is 0 Å². The smallest absolute Gasteiger partial charge is 0.252 e. The Kier molecular flexibility index (Phi) is 4.51. The van der Waals surface area contributed by atoms with E-state index in [0.29, 0.717) is 28.4 Å². The van der Waals surface area contributed by atoms with Crippen molar-refractivity contribution >= 4 is 29.1 Å². The van der Waals surface area contributed by atoms with E-state index in [-0.39, 0.29) is 5.91 Å². The maximum Gasteiger partial charge on any atom is 0.252 e. The first-order chi connectivity index (χ1) is 11.5. The summed E-state index contributed by atoms with van der Waals surface area (Å²) in [7, 11) is 0. The number of anilines is 1. The number of hydrogen-bond acceptors (Lipinski definition) is 4. The van der Waals surface area contributed by atoms with Gasteiger partial charge < -0.3 is 15.3 Å². The number of carbonyl (C=O) groups excluding carboxylic acids is 2. The lowest BCUT2D eigenvalue weighted by Gasteiger charge is -2.37. The van der Waals surface area contributed by atoms with Gasteiger partial charge in [-0.1, -0.05) is 17.7 Å². The number of likely N-dealkylation sites (N-methyl/N-ethyl adjacent to an activating group) is 1. The van der Waals surface area contributed by atoms with Crippen molar-refractivity contribution in [3.63, 3.8) is 0 Å². The number of pyridine rings is 1. The van der Waals surface area contributed by atoms with Crippen molar-refractivity contribution in [1.29, 1.82) is 0 Å². The topological polar surface area (TPSA) is 82.5 Å². The lowest BCUT2D eigenvalue weighted by molar-refractivity contribution is -0.123. The third-order valence-electron chi connectivity index (χ3n) is 4.00. The molecule has 0 saturated heterocycles. The highest BCUT2D eigenvalue weighted by atomic mass is 35.5. The molecule has 1 aromatic carbocycles. The van der Waals surface area contributed by atoms with Crippen molar-refractivity contribution < 1.29 is 14.7 Å². The predicted molar refractivity (Wildman–Crippen MR) is 89.9 cm³/mol. The van der Waals surface area contributed by atoms with E-state index in [2.05, 4.69) is 10.3 Å². The Morgan fingerprint density at radius 2 is 2.04 bits per heavy atom. The van der Waals surface area contributed by atoms with E-state index >= 15 is 0 Å². The molecular formula is C17H16ClN3O3. The van der Waals surface area contributed by atoms with Crippen LogP contribution >= 0.6 is 11.6 Å². The van der Waals surface area contributed by atoms with Crippen LogP contribution in [-0.4, -0.2) is 34.5 Å². The van der Waals surface area contributed by atoms with Crippen molar-refractivity contribution in [2.45, 2.75) is 19.1 Å². The Morgan fingerprint density at radius 3 is 2.71 bits per heavy atom. The number of carbonyl (C=O) groups is 2. The zero-order valence-corrected chi connectivity index (χ0v) is 13.7.